The minimum atomic E-state index is -4.25. The third kappa shape index (κ3) is 4.07. The summed E-state index contributed by atoms with van der Waals surface area (Å²) in [7, 11) is 0. The number of rotatable bonds is 2. The molecule has 21 heavy (non-hydrogen) atoms. The van der Waals surface area contributed by atoms with Crippen molar-refractivity contribution in [2.24, 2.45) is 0 Å². The number of halogens is 4. The first kappa shape index (κ1) is 15.6. The number of nitrogens with zero attached hydrogens (tertiary/aromatic N) is 2. The van der Waals surface area contributed by atoms with E-state index in [0.29, 0.717) is 0 Å². The molecule has 2 rings (SSSR count). The molecule has 8 heteroatoms. The first-order valence-corrected chi connectivity index (χ1v) is 6.40. The summed E-state index contributed by atoms with van der Waals surface area (Å²) in [5, 5.41) is 0. The molecule has 0 bridgehead atoms. The third-order valence-corrected chi connectivity index (χ3v) is 3.29. The molecule has 1 aromatic carbocycles. The second kappa shape index (κ2) is 5.88. The van der Waals surface area contributed by atoms with Gasteiger partial charge in [0, 0.05) is 31.9 Å². The third-order valence-electron chi connectivity index (χ3n) is 3.29. The summed E-state index contributed by atoms with van der Waals surface area (Å²) in [6.45, 7) is -0.494. The number of anilines is 1. The molecule has 0 atom stereocenters. The number of hydrogen-bond acceptors (Lipinski definition) is 3. The molecule has 0 spiro atoms. The smallest absolute Gasteiger partial charge is 0.399 e. The summed E-state index contributed by atoms with van der Waals surface area (Å²) in [6.07, 6.45) is -4.25. The highest BCUT2D eigenvalue weighted by Gasteiger charge is 2.33. The quantitative estimate of drug-likeness (QED) is 0.669. The SMILES string of the molecule is Nc1ccc(C(=O)N2CCN(CC(F)(F)F)CC2)c(F)c1. The molecule has 1 aliphatic heterocycles. The fourth-order valence-electron chi connectivity index (χ4n) is 2.24. The maximum atomic E-state index is 13.7. The lowest BCUT2D eigenvalue weighted by atomic mass is 10.1. The lowest BCUT2D eigenvalue weighted by molar-refractivity contribution is -0.148. The van der Waals surface area contributed by atoms with Crippen LogP contribution in [0, 0.1) is 5.82 Å². The maximum absolute atomic E-state index is 13.7. The molecule has 1 saturated heterocycles. The molecule has 116 valence electrons. The Kier molecular flexibility index (Phi) is 4.36. The number of carbonyl (C=O) groups excluding carboxylic acids is 1. The van der Waals surface area contributed by atoms with E-state index in [-0.39, 0.29) is 37.4 Å². The Morgan fingerprint density at radius 1 is 1.19 bits per heavy atom. The van der Waals surface area contributed by atoms with Crippen LogP contribution in [0.4, 0.5) is 23.2 Å². The van der Waals surface area contributed by atoms with Gasteiger partial charge in [0.05, 0.1) is 12.1 Å². The van der Waals surface area contributed by atoms with Gasteiger partial charge < -0.3 is 10.6 Å². The van der Waals surface area contributed by atoms with E-state index >= 15 is 0 Å². The minimum absolute atomic E-state index is 0.113. The molecule has 2 N–H and O–H groups in total. The van der Waals surface area contributed by atoms with Crippen LogP contribution in [0.15, 0.2) is 18.2 Å². The van der Waals surface area contributed by atoms with Gasteiger partial charge in [-0.25, -0.2) is 4.39 Å². The number of amides is 1. The summed E-state index contributed by atoms with van der Waals surface area (Å²) >= 11 is 0. The van der Waals surface area contributed by atoms with E-state index in [1.54, 1.807) is 0 Å². The summed E-state index contributed by atoms with van der Waals surface area (Å²) < 4.78 is 50.5. The highest BCUT2D eigenvalue weighted by Crippen LogP contribution is 2.19. The minimum Gasteiger partial charge on any atom is -0.399 e. The van der Waals surface area contributed by atoms with E-state index in [4.69, 9.17) is 5.73 Å². The molecule has 0 aliphatic carbocycles. The number of piperazine rings is 1. The topological polar surface area (TPSA) is 49.6 Å². The summed E-state index contributed by atoms with van der Waals surface area (Å²) in [4.78, 5) is 14.7. The Labute approximate surface area is 119 Å². The average Bonchev–Trinajstić information content (AvgIpc) is 2.37. The van der Waals surface area contributed by atoms with E-state index < -0.39 is 24.4 Å². The molecule has 4 nitrogen and oxygen atoms in total. The zero-order chi connectivity index (χ0) is 15.6. The number of alkyl halides is 3. The molecule has 0 saturated carbocycles. The molecule has 0 aromatic heterocycles. The van der Waals surface area contributed by atoms with Crippen LogP contribution in [0.3, 0.4) is 0 Å². The highest BCUT2D eigenvalue weighted by molar-refractivity contribution is 5.94. The molecule has 1 heterocycles. The van der Waals surface area contributed by atoms with Crippen LogP contribution in [-0.2, 0) is 0 Å². The van der Waals surface area contributed by atoms with Crippen LogP contribution >= 0.6 is 0 Å². The molecule has 0 radical (unpaired) electrons. The Balaban J connectivity index is 1.97. The van der Waals surface area contributed by atoms with Gasteiger partial charge in [-0.1, -0.05) is 0 Å². The van der Waals surface area contributed by atoms with E-state index in [1.807, 2.05) is 0 Å². The Morgan fingerprint density at radius 3 is 2.33 bits per heavy atom. The van der Waals surface area contributed by atoms with Crippen LogP contribution in [0.1, 0.15) is 10.4 Å². The fourth-order valence-corrected chi connectivity index (χ4v) is 2.24. The molecule has 1 aliphatic rings. The van der Waals surface area contributed by atoms with Crippen LogP contribution < -0.4 is 5.73 Å². The van der Waals surface area contributed by atoms with E-state index in [9.17, 15) is 22.4 Å². The van der Waals surface area contributed by atoms with Crippen molar-refractivity contribution in [3.63, 3.8) is 0 Å². The van der Waals surface area contributed by atoms with Crippen molar-refractivity contribution >= 4 is 11.6 Å². The summed E-state index contributed by atoms with van der Waals surface area (Å²) in [6, 6.07) is 3.75. The highest BCUT2D eigenvalue weighted by atomic mass is 19.4. The van der Waals surface area contributed by atoms with Crippen LogP contribution in [-0.4, -0.2) is 54.6 Å². The zero-order valence-corrected chi connectivity index (χ0v) is 11.2. The van der Waals surface area contributed by atoms with Crippen molar-refractivity contribution < 1.29 is 22.4 Å². The Morgan fingerprint density at radius 2 is 1.81 bits per heavy atom. The van der Waals surface area contributed by atoms with Gasteiger partial charge >= 0.3 is 6.18 Å². The van der Waals surface area contributed by atoms with Gasteiger partial charge in [0.15, 0.2) is 0 Å². The van der Waals surface area contributed by atoms with Gasteiger partial charge in [0.2, 0.25) is 0 Å². The number of nitrogens with two attached hydrogens (primary N) is 1. The standard InChI is InChI=1S/C13H15F4N3O/c14-11-7-9(18)1-2-10(11)12(21)20-5-3-19(4-6-20)8-13(15,16)17/h1-2,7H,3-6,8,18H2. The summed E-state index contributed by atoms with van der Waals surface area (Å²) in [5.74, 6) is -1.25. The van der Waals surface area contributed by atoms with Gasteiger partial charge in [-0.3, -0.25) is 9.69 Å². The first-order valence-electron chi connectivity index (χ1n) is 6.40. The van der Waals surface area contributed by atoms with Crippen LogP contribution in [0.5, 0.6) is 0 Å². The van der Waals surface area contributed by atoms with Gasteiger partial charge in [0.1, 0.15) is 5.82 Å². The monoisotopic (exact) mass is 305 g/mol. The van der Waals surface area contributed by atoms with Crippen LogP contribution in [0.2, 0.25) is 0 Å². The number of hydrogen-bond donors (Lipinski definition) is 1. The fraction of sp³-hybridized carbons (Fsp3) is 0.462. The van der Waals surface area contributed by atoms with Crippen molar-refractivity contribution in [2.45, 2.75) is 6.18 Å². The normalized spacial score (nSPS) is 17.0. The van der Waals surface area contributed by atoms with Crippen molar-refractivity contribution in [3.8, 4) is 0 Å². The molecular weight excluding hydrogens is 290 g/mol. The van der Waals surface area contributed by atoms with E-state index in [1.165, 1.54) is 21.9 Å². The Hall–Kier alpha value is -1.83. The lowest BCUT2D eigenvalue weighted by Gasteiger charge is -2.35. The van der Waals surface area contributed by atoms with Crippen molar-refractivity contribution in [1.82, 2.24) is 9.80 Å². The largest absolute Gasteiger partial charge is 0.401 e. The van der Waals surface area contributed by atoms with Gasteiger partial charge in [0.25, 0.3) is 5.91 Å². The lowest BCUT2D eigenvalue weighted by Crippen LogP contribution is -2.51. The maximum Gasteiger partial charge on any atom is 0.401 e. The number of nitrogen functional groups attached to an aromatic ring is 1. The number of carbonyl (C=O) groups is 1. The molecule has 1 amide bonds. The van der Waals surface area contributed by atoms with E-state index in [0.717, 1.165) is 6.07 Å². The first-order chi connectivity index (χ1) is 9.76. The van der Waals surface area contributed by atoms with Gasteiger partial charge in [-0.2, -0.15) is 13.2 Å². The number of benzene rings is 1. The summed E-state index contributed by atoms with van der Waals surface area (Å²) in [5.41, 5.74) is 5.50. The average molecular weight is 305 g/mol. The van der Waals surface area contributed by atoms with Crippen molar-refractivity contribution in [2.75, 3.05) is 38.5 Å². The molecular formula is C13H15F4N3O. The second-order valence-corrected chi connectivity index (χ2v) is 4.92. The Bertz CT molecular complexity index is 525. The van der Waals surface area contributed by atoms with Crippen LogP contribution in [0.25, 0.3) is 0 Å². The molecule has 0 unspecified atom stereocenters. The van der Waals surface area contributed by atoms with Crippen molar-refractivity contribution in [3.05, 3.63) is 29.6 Å². The molecule has 1 fully saturated rings. The van der Waals surface area contributed by atoms with Crippen molar-refractivity contribution in [1.29, 1.82) is 0 Å². The molecule has 1 aromatic rings. The van der Waals surface area contributed by atoms with Gasteiger partial charge in [-0.05, 0) is 18.2 Å². The zero-order valence-electron chi connectivity index (χ0n) is 11.2. The predicted octanol–water partition coefficient (Wildman–Crippen LogP) is 1.73. The van der Waals surface area contributed by atoms with E-state index in [2.05, 4.69) is 0 Å². The predicted molar refractivity (Wildman–Crippen MR) is 69.2 cm³/mol. The van der Waals surface area contributed by atoms with Gasteiger partial charge in [-0.15, -0.1) is 0 Å². The second-order valence-electron chi connectivity index (χ2n) is 4.92.